The highest BCUT2D eigenvalue weighted by Gasteiger charge is 2.23. The van der Waals surface area contributed by atoms with Crippen LogP contribution in [-0.2, 0) is 4.74 Å². The molecule has 0 radical (unpaired) electrons. The molecule has 0 spiro atoms. The van der Waals surface area contributed by atoms with Crippen molar-refractivity contribution >= 4 is 5.91 Å². The second-order valence-electron chi connectivity index (χ2n) is 6.67. The molecule has 5 heteroatoms. The molecule has 4 rings (SSSR count). The molecule has 2 aliphatic heterocycles. The van der Waals surface area contributed by atoms with Crippen LogP contribution in [0.4, 0.5) is 0 Å². The Balaban J connectivity index is 1.36. The van der Waals surface area contributed by atoms with Crippen molar-refractivity contribution in [1.29, 1.82) is 0 Å². The third kappa shape index (κ3) is 3.83. The summed E-state index contributed by atoms with van der Waals surface area (Å²) in [6.45, 7) is 1.99. The maximum absolute atomic E-state index is 12.6. The summed E-state index contributed by atoms with van der Waals surface area (Å²) in [4.78, 5) is 12.6. The summed E-state index contributed by atoms with van der Waals surface area (Å²) in [5.41, 5.74) is 1.65. The highest BCUT2D eigenvalue weighted by Crippen LogP contribution is 2.31. The Morgan fingerprint density at radius 1 is 1.08 bits per heavy atom. The lowest BCUT2D eigenvalue weighted by Gasteiger charge is -2.26. The van der Waals surface area contributed by atoms with Crippen LogP contribution < -0.4 is 14.8 Å². The van der Waals surface area contributed by atoms with Crippen LogP contribution in [0.3, 0.4) is 0 Å². The number of rotatable bonds is 5. The third-order valence-electron chi connectivity index (χ3n) is 4.84. The summed E-state index contributed by atoms with van der Waals surface area (Å²) in [6, 6.07) is 15.1. The predicted molar refractivity (Wildman–Crippen MR) is 97.7 cm³/mol. The van der Waals surface area contributed by atoms with Gasteiger partial charge in [0.05, 0.1) is 18.8 Å². The lowest BCUT2D eigenvalue weighted by atomic mass is 10.00. The van der Waals surface area contributed by atoms with E-state index in [2.05, 4.69) is 5.32 Å². The van der Waals surface area contributed by atoms with Crippen molar-refractivity contribution in [3.63, 3.8) is 0 Å². The normalized spacial score (nSPS) is 21.5. The Morgan fingerprint density at radius 2 is 1.92 bits per heavy atom. The maximum atomic E-state index is 12.6. The van der Waals surface area contributed by atoms with E-state index < -0.39 is 0 Å². The van der Waals surface area contributed by atoms with Gasteiger partial charge in [0.15, 0.2) is 0 Å². The summed E-state index contributed by atoms with van der Waals surface area (Å²) in [7, 11) is 0. The van der Waals surface area contributed by atoms with Gasteiger partial charge in [-0.25, -0.2) is 0 Å². The second kappa shape index (κ2) is 7.79. The van der Waals surface area contributed by atoms with E-state index in [1.54, 1.807) is 12.1 Å². The molecule has 2 aromatic carbocycles. The number of nitrogens with one attached hydrogen (secondary N) is 1. The number of para-hydroxylation sites is 1. The molecule has 2 atom stereocenters. The van der Waals surface area contributed by atoms with Gasteiger partial charge >= 0.3 is 0 Å². The molecule has 0 aromatic heterocycles. The van der Waals surface area contributed by atoms with Gasteiger partial charge < -0.3 is 19.5 Å². The van der Waals surface area contributed by atoms with Crippen LogP contribution in [0.2, 0.25) is 0 Å². The van der Waals surface area contributed by atoms with E-state index in [1.165, 1.54) is 0 Å². The molecule has 0 unspecified atom stereocenters. The highest BCUT2D eigenvalue weighted by molar-refractivity contribution is 5.94. The van der Waals surface area contributed by atoms with E-state index >= 15 is 0 Å². The zero-order valence-electron chi connectivity index (χ0n) is 14.6. The van der Waals surface area contributed by atoms with Crippen molar-refractivity contribution in [2.45, 2.75) is 31.4 Å². The zero-order chi connectivity index (χ0) is 17.8. The molecule has 26 heavy (non-hydrogen) atoms. The van der Waals surface area contributed by atoms with Gasteiger partial charge in [-0.05, 0) is 43.2 Å². The minimum absolute atomic E-state index is 0.0251. The number of carbonyl (C=O) groups is 1. The first kappa shape index (κ1) is 16.9. The number of hydrogen-bond acceptors (Lipinski definition) is 4. The first-order valence-corrected chi connectivity index (χ1v) is 9.16. The van der Waals surface area contributed by atoms with E-state index in [4.69, 9.17) is 14.2 Å². The minimum Gasteiger partial charge on any atom is -0.493 e. The van der Waals surface area contributed by atoms with Crippen LogP contribution in [0.15, 0.2) is 48.5 Å². The van der Waals surface area contributed by atoms with Crippen molar-refractivity contribution in [2.75, 3.05) is 19.8 Å². The van der Waals surface area contributed by atoms with Crippen LogP contribution in [0.1, 0.15) is 41.2 Å². The maximum Gasteiger partial charge on any atom is 0.251 e. The first-order chi connectivity index (χ1) is 12.8. The second-order valence-corrected chi connectivity index (χ2v) is 6.67. The van der Waals surface area contributed by atoms with Crippen LogP contribution in [0.25, 0.3) is 0 Å². The summed E-state index contributed by atoms with van der Waals surface area (Å²) < 4.78 is 16.9. The Bertz CT molecular complexity index is 753. The molecular weight excluding hydrogens is 330 g/mol. The van der Waals surface area contributed by atoms with Crippen molar-refractivity contribution in [3.8, 4) is 11.5 Å². The molecule has 2 aromatic rings. The predicted octanol–water partition coefficient (Wildman–Crippen LogP) is 3.50. The molecule has 5 nitrogen and oxygen atoms in total. The van der Waals surface area contributed by atoms with E-state index in [0.717, 1.165) is 42.9 Å². The highest BCUT2D eigenvalue weighted by atomic mass is 16.5. The van der Waals surface area contributed by atoms with Gasteiger partial charge in [-0.2, -0.15) is 0 Å². The van der Waals surface area contributed by atoms with E-state index in [0.29, 0.717) is 18.8 Å². The molecule has 1 saturated heterocycles. The fourth-order valence-corrected chi connectivity index (χ4v) is 3.40. The standard InChI is InChI=1S/C21H23NO4/c23-21(22-19-11-13-25-20-6-2-1-5-18(19)20)15-7-9-16(10-8-15)26-14-17-4-3-12-24-17/h1-2,5-10,17,19H,3-4,11-14H2,(H,22,23)/t17-,19+/m0/s1. The lowest BCUT2D eigenvalue weighted by molar-refractivity contribution is 0.0679. The van der Waals surface area contributed by atoms with E-state index in [-0.39, 0.29) is 18.1 Å². The van der Waals surface area contributed by atoms with Crippen molar-refractivity contribution in [3.05, 3.63) is 59.7 Å². The van der Waals surface area contributed by atoms with Gasteiger partial charge in [-0.1, -0.05) is 18.2 Å². The Labute approximate surface area is 153 Å². The summed E-state index contributed by atoms with van der Waals surface area (Å²) in [6.07, 6.45) is 3.10. The number of benzene rings is 2. The van der Waals surface area contributed by atoms with Crippen LogP contribution in [-0.4, -0.2) is 31.8 Å². The van der Waals surface area contributed by atoms with Gasteiger partial charge in [0.2, 0.25) is 0 Å². The van der Waals surface area contributed by atoms with E-state index in [1.807, 2.05) is 36.4 Å². The molecule has 136 valence electrons. The van der Waals surface area contributed by atoms with Gasteiger partial charge in [0.1, 0.15) is 18.1 Å². The summed E-state index contributed by atoms with van der Waals surface area (Å²) in [5.74, 6) is 1.52. The topological polar surface area (TPSA) is 56.8 Å². The molecule has 1 amide bonds. The molecule has 0 bridgehead atoms. The SMILES string of the molecule is O=C(N[C@@H]1CCOc2ccccc21)c1ccc(OC[C@@H]2CCCO2)cc1. The molecule has 0 aliphatic carbocycles. The molecular formula is C21H23NO4. The number of ether oxygens (including phenoxy) is 3. The van der Waals surface area contributed by atoms with Crippen LogP contribution >= 0.6 is 0 Å². The Hall–Kier alpha value is -2.53. The smallest absolute Gasteiger partial charge is 0.251 e. The molecule has 1 N–H and O–H groups in total. The number of hydrogen-bond donors (Lipinski definition) is 1. The number of fused-ring (bicyclic) bond motifs is 1. The largest absolute Gasteiger partial charge is 0.493 e. The minimum atomic E-state index is -0.0858. The van der Waals surface area contributed by atoms with Gasteiger partial charge in [-0.3, -0.25) is 4.79 Å². The molecule has 2 aliphatic rings. The Morgan fingerprint density at radius 3 is 2.73 bits per heavy atom. The summed E-state index contributed by atoms with van der Waals surface area (Å²) in [5, 5.41) is 3.11. The molecule has 0 saturated carbocycles. The van der Waals surface area contributed by atoms with Gasteiger partial charge in [-0.15, -0.1) is 0 Å². The molecule has 1 fully saturated rings. The quantitative estimate of drug-likeness (QED) is 0.894. The van der Waals surface area contributed by atoms with Gasteiger partial charge in [0.25, 0.3) is 5.91 Å². The van der Waals surface area contributed by atoms with Crippen molar-refractivity contribution < 1.29 is 19.0 Å². The van der Waals surface area contributed by atoms with Crippen molar-refractivity contribution in [2.24, 2.45) is 0 Å². The number of amides is 1. The third-order valence-corrected chi connectivity index (χ3v) is 4.84. The van der Waals surface area contributed by atoms with Gasteiger partial charge in [0, 0.05) is 24.2 Å². The molecule has 2 heterocycles. The average Bonchev–Trinajstić information content (AvgIpc) is 3.21. The van der Waals surface area contributed by atoms with Crippen LogP contribution in [0.5, 0.6) is 11.5 Å². The van der Waals surface area contributed by atoms with E-state index in [9.17, 15) is 4.79 Å². The van der Waals surface area contributed by atoms with Crippen LogP contribution in [0, 0.1) is 0 Å². The number of carbonyl (C=O) groups excluding carboxylic acids is 1. The first-order valence-electron chi connectivity index (χ1n) is 9.16. The Kier molecular flexibility index (Phi) is 5.07. The fraction of sp³-hybridized carbons (Fsp3) is 0.381. The average molecular weight is 353 g/mol. The lowest BCUT2D eigenvalue weighted by Crippen LogP contribution is -2.32. The zero-order valence-corrected chi connectivity index (χ0v) is 14.6. The van der Waals surface area contributed by atoms with Crippen molar-refractivity contribution in [1.82, 2.24) is 5.32 Å². The summed E-state index contributed by atoms with van der Waals surface area (Å²) >= 11 is 0. The fourth-order valence-electron chi connectivity index (χ4n) is 3.40. The monoisotopic (exact) mass is 353 g/mol.